The highest BCUT2D eigenvalue weighted by Gasteiger charge is 2.20. The van der Waals surface area contributed by atoms with Crippen molar-refractivity contribution in [2.45, 2.75) is 26.3 Å². The van der Waals surface area contributed by atoms with Crippen LogP contribution in [0.1, 0.15) is 31.0 Å². The highest BCUT2D eigenvalue weighted by Crippen LogP contribution is 2.32. The summed E-state index contributed by atoms with van der Waals surface area (Å²) >= 11 is 0. The second-order valence-corrected chi connectivity index (χ2v) is 7.96. The smallest absolute Gasteiger partial charge is 0.147 e. The molecule has 0 amide bonds. The molecule has 0 aliphatic carbocycles. The van der Waals surface area contributed by atoms with Crippen molar-refractivity contribution in [2.24, 2.45) is 0 Å². The molecule has 156 valence electrons. The molecule has 6 nitrogen and oxygen atoms in total. The van der Waals surface area contributed by atoms with E-state index in [-0.39, 0.29) is 0 Å². The van der Waals surface area contributed by atoms with Crippen molar-refractivity contribution >= 4 is 5.82 Å². The molecule has 0 atom stereocenters. The Balaban J connectivity index is 1.49. The Morgan fingerprint density at radius 1 is 1.03 bits per heavy atom. The van der Waals surface area contributed by atoms with Crippen LogP contribution in [-0.2, 0) is 6.54 Å². The number of aromatic nitrogens is 3. The van der Waals surface area contributed by atoms with Crippen LogP contribution in [0.15, 0.2) is 55.0 Å². The lowest BCUT2D eigenvalue weighted by Gasteiger charge is -2.35. The summed E-state index contributed by atoms with van der Waals surface area (Å²) in [7, 11) is 1.70. The summed E-state index contributed by atoms with van der Waals surface area (Å²) in [6, 6.07) is 12.4. The fourth-order valence-corrected chi connectivity index (χ4v) is 3.78. The molecule has 2 aromatic heterocycles. The van der Waals surface area contributed by atoms with Crippen LogP contribution >= 0.6 is 0 Å². The molecule has 1 aliphatic rings. The Labute approximate surface area is 178 Å². The number of hydrogen-bond donors (Lipinski definition) is 0. The molecule has 0 saturated carbocycles. The number of nitrogens with zero attached hydrogens (tertiary/aromatic N) is 5. The third-order valence-electron chi connectivity index (χ3n) is 5.60. The SMILES string of the molecule is COc1ccc(C(C)C)cc1-c1cncc(N2CCN(Cc3ccccn3)CC2)n1. The minimum Gasteiger partial charge on any atom is -0.496 e. The Morgan fingerprint density at radius 2 is 1.87 bits per heavy atom. The van der Waals surface area contributed by atoms with E-state index in [4.69, 9.17) is 9.72 Å². The van der Waals surface area contributed by atoms with Gasteiger partial charge >= 0.3 is 0 Å². The van der Waals surface area contributed by atoms with E-state index < -0.39 is 0 Å². The lowest BCUT2D eigenvalue weighted by atomic mass is 9.99. The Kier molecular flexibility index (Phi) is 6.23. The van der Waals surface area contributed by atoms with Gasteiger partial charge in [0.05, 0.1) is 30.9 Å². The minimum absolute atomic E-state index is 0.443. The average Bonchev–Trinajstić information content (AvgIpc) is 2.80. The van der Waals surface area contributed by atoms with Gasteiger partial charge in [-0.2, -0.15) is 0 Å². The zero-order chi connectivity index (χ0) is 20.9. The average molecular weight is 404 g/mol. The first-order valence-electron chi connectivity index (χ1n) is 10.5. The molecule has 1 aliphatic heterocycles. The molecule has 0 bridgehead atoms. The summed E-state index contributed by atoms with van der Waals surface area (Å²) in [5.41, 5.74) is 4.22. The summed E-state index contributed by atoms with van der Waals surface area (Å²) < 4.78 is 5.60. The molecule has 1 aromatic carbocycles. The van der Waals surface area contributed by atoms with E-state index in [0.717, 1.165) is 61.2 Å². The summed E-state index contributed by atoms with van der Waals surface area (Å²) in [5, 5.41) is 0. The first-order valence-corrected chi connectivity index (χ1v) is 10.5. The molecular formula is C24H29N5O. The van der Waals surface area contributed by atoms with Gasteiger partial charge in [0.15, 0.2) is 0 Å². The van der Waals surface area contributed by atoms with E-state index in [1.54, 1.807) is 7.11 Å². The van der Waals surface area contributed by atoms with Gasteiger partial charge in [0.2, 0.25) is 0 Å². The molecule has 30 heavy (non-hydrogen) atoms. The van der Waals surface area contributed by atoms with Crippen molar-refractivity contribution in [3.63, 3.8) is 0 Å². The van der Waals surface area contributed by atoms with Gasteiger partial charge in [0.25, 0.3) is 0 Å². The molecule has 6 heteroatoms. The van der Waals surface area contributed by atoms with E-state index in [1.165, 1.54) is 5.56 Å². The maximum atomic E-state index is 5.60. The van der Waals surface area contributed by atoms with Gasteiger partial charge in [-0.15, -0.1) is 0 Å². The highest BCUT2D eigenvalue weighted by molar-refractivity contribution is 5.69. The number of anilines is 1. The third-order valence-corrected chi connectivity index (χ3v) is 5.60. The van der Waals surface area contributed by atoms with Crippen LogP contribution < -0.4 is 9.64 Å². The number of methoxy groups -OCH3 is 1. The van der Waals surface area contributed by atoms with Gasteiger partial charge in [-0.05, 0) is 35.7 Å². The van der Waals surface area contributed by atoms with Gasteiger partial charge in [-0.3, -0.25) is 14.9 Å². The van der Waals surface area contributed by atoms with Gasteiger partial charge < -0.3 is 9.64 Å². The Morgan fingerprint density at radius 3 is 2.57 bits per heavy atom. The van der Waals surface area contributed by atoms with Crippen molar-refractivity contribution in [3.05, 3.63) is 66.2 Å². The van der Waals surface area contributed by atoms with E-state index in [0.29, 0.717) is 5.92 Å². The van der Waals surface area contributed by atoms with Crippen LogP contribution in [-0.4, -0.2) is 53.1 Å². The summed E-state index contributed by atoms with van der Waals surface area (Å²) in [6.07, 6.45) is 5.54. The predicted octanol–water partition coefficient (Wildman–Crippen LogP) is 3.99. The van der Waals surface area contributed by atoms with Gasteiger partial charge in [-0.1, -0.05) is 26.0 Å². The molecule has 1 fully saturated rings. The quantitative estimate of drug-likeness (QED) is 0.620. The molecule has 3 aromatic rings. The molecule has 0 spiro atoms. The zero-order valence-corrected chi connectivity index (χ0v) is 18.0. The van der Waals surface area contributed by atoms with Crippen LogP contribution in [0.25, 0.3) is 11.3 Å². The standard InChI is InChI=1S/C24H29N5O/c1-18(2)19-7-8-23(30-3)21(14-19)22-15-25-16-24(27-22)29-12-10-28(11-13-29)17-20-6-4-5-9-26-20/h4-9,14-16,18H,10-13,17H2,1-3H3. The van der Waals surface area contributed by atoms with Crippen LogP contribution in [0.3, 0.4) is 0 Å². The molecular weight excluding hydrogens is 374 g/mol. The number of piperazine rings is 1. The van der Waals surface area contributed by atoms with E-state index >= 15 is 0 Å². The minimum atomic E-state index is 0.443. The van der Waals surface area contributed by atoms with Crippen molar-refractivity contribution in [2.75, 3.05) is 38.2 Å². The van der Waals surface area contributed by atoms with Crippen molar-refractivity contribution in [1.82, 2.24) is 19.9 Å². The molecule has 3 heterocycles. The fourth-order valence-electron chi connectivity index (χ4n) is 3.78. The number of benzene rings is 1. The van der Waals surface area contributed by atoms with Gasteiger partial charge in [-0.25, -0.2) is 4.98 Å². The molecule has 4 rings (SSSR count). The van der Waals surface area contributed by atoms with Gasteiger partial charge in [0.1, 0.15) is 11.6 Å². The van der Waals surface area contributed by atoms with Crippen molar-refractivity contribution < 1.29 is 4.74 Å². The first-order chi connectivity index (χ1) is 14.6. The van der Waals surface area contributed by atoms with E-state index in [2.05, 4.69) is 51.8 Å². The number of rotatable bonds is 6. The Hall–Kier alpha value is -2.99. The molecule has 0 radical (unpaired) electrons. The van der Waals surface area contributed by atoms with Crippen LogP contribution in [0, 0.1) is 0 Å². The topological polar surface area (TPSA) is 54.4 Å². The predicted molar refractivity (Wildman–Crippen MR) is 120 cm³/mol. The third kappa shape index (κ3) is 4.60. The van der Waals surface area contributed by atoms with E-state index in [1.807, 2.05) is 36.8 Å². The number of pyridine rings is 1. The number of hydrogen-bond acceptors (Lipinski definition) is 6. The van der Waals surface area contributed by atoms with Crippen LogP contribution in [0.5, 0.6) is 5.75 Å². The van der Waals surface area contributed by atoms with E-state index in [9.17, 15) is 0 Å². The van der Waals surface area contributed by atoms with Crippen LogP contribution in [0.4, 0.5) is 5.82 Å². The van der Waals surface area contributed by atoms with Crippen molar-refractivity contribution in [1.29, 1.82) is 0 Å². The molecule has 1 saturated heterocycles. The first kappa shape index (κ1) is 20.3. The molecule has 0 unspecified atom stereocenters. The summed E-state index contributed by atoms with van der Waals surface area (Å²) in [6.45, 7) is 9.08. The maximum Gasteiger partial charge on any atom is 0.147 e. The van der Waals surface area contributed by atoms with Crippen LogP contribution in [0.2, 0.25) is 0 Å². The second-order valence-electron chi connectivity index (χ2n) is 7.96. The lowest BCUT2D eigenvalue weighted by Crippen LogP contribution is -2.46. The fraction of sp³-hybridized carbons (Fsp3) is 0.375. The number of ether oxygens (including phenoxy) is 1. The lowest BCUT2D eigenvalue weighted by molar-refractivity contribution is 0.246. The summed E-state index contributed by atoms with van der Waals surface area (Å²) in [4.78, 5) is 18.6. The van der Waals surface area contributed by atoms with Crippen molar-refractivity contribution in [3.8, 4) is 17.0 Å². The van der Waals surface area contributed by atoms with Gasteiger partial charge in [0, 0.05) is 44.5 Å². The zero-order valence-electron chi connectivity index (χ0n) is 18.0. The monoisotopic (exact) mass is 403 g/mol. The largest absolute Gasteiger partial charge is 0.496 e. The maximum absolute atomic E-state index is 5.60. The molecule has 0 N–H and O–H groups in total. The summed E-state index contributed by atoms with van der Waals surface area (Å²) in [5.74, 6) is 2.19. The Bertz CT molecular complexity index is 968. The highest BCUT2D eigenvalue weighted by atomic mass is 16.5. The normalized spacial score (nSPS) is 14.9. The second kappa shape index (κ2) is 9.22.